The minimum atomic E-state index is -0.403. The van der Waals surface area contributed by atoms with Gasteiger partial charge in [-0.15, -0.1) is 0 Å². The van der Waals surface area contributed by atoms with Gasteiger partial charge in [-0.1, -0.05) is 30.3 Å². The van der Waals surface area contributed by atoms with Gasteiger partial charge in [0.1, 0.15) is 6.61 Å². The zero-order chi connectivity index (χ0) is 15.1. The minimum absolute atomic E-state index is 0.114. The van der Waals surface area contributed by atoms with Crippen molar-refractivity contribution in [3.05, 3.63) is 35.9 Å². The monoisotopic (exact) mass is 287 g/mol. The molecule has 0 atom stereocenters. The van der Waals surface area contributed by atoms with Gasteiger partial charge in [0.2, 0.25) is 5.91 Å². The molecule has 1 saturated heterocycles. The van der Waals surface area contributed by atoms with Crippen LogP contribution in [0.3, 0.4) is 0 Å². The molecule has 21 heavy (non-hydrogen) atoms. The van der Waals surface area contributed by atoms with Crippen molar-refractivity contribution in [3.63, 3.8) is 0 Å². The first-order valence-electron chi connectivity index (χ1n) is 6.81. The largest absolute Gasteiger partial charge is 0.445 e. The molecule has 1 aromatic carbocycles. The van der Waals surface area contributed by atoms with Crippen LogP contribution in [-0.4, -0.2) is 36.5 Å². The molecule has 0 radical (unpaired) electrons. The first-order chi connectivity index (χ1) is 10.2. The number of likely N-dealkylation sites (tertiary alicyclic amines) is 1. The molecule has 0 bridgehead atoms. The molecule has 2 rings (SSSR count). The van der Waals surface area contributed by atoms with Gasteiger partial charge in [0.05, 0.1) is 18.4 Å². The highest BCUT2D eigenvalue weighted by atomic mass is 16.6. The zero-order valence-electron chi connectivity index (χ0n) is 11.6. The Morgan fingerprint density at radius 1 is 1.33 bits per heavy atom. The lowest BCUT2D eigenvalue weighted by Gasteiger charge is -2.37. The standard InChI is InChI=1S/C15H17N3O3/c16-7-4-8-17-14(19)13-9-18(10-13)15(20)21-11-12-5-2-1-3-6-12/h1-3,5-6,13H,4,8-11H2,(H,17,19). The molecule has 0 spiro atoms. The molecular weight excluding hydrogens is 270 g/mol. The Labute approximate surface area is 123 Å². The van der Waals surface area contributed by atoms with Gasteiger partial charge in [-0.2, -0.15) is 5.26 Å². The second-order valence-electron chi connectivity index (χ2n) is 4.84. The summed E-state index contributed by atoms with van der Waals surface area (Å²) in [5.41, 5.74) is 0.928. The van der Waals surface area contributed by atoms with Crippen LogP contribution in [0.4, 0.5) is 4.79 Å². The predicted molar refractivity (Wildman–Crippen MR) is 74.9 cm³/mol. The maximum absolute atomic E-state index is 11.8. The maximum Gasteiger partial charge on any atom is 0.410 e. The smallest absolute Gasteiger partial charge is 0.410 e. The van der Waals surface area contributed by atoms with E-state index in [4.69, 9.17) is 10.00 Å². The molecule has 1 aromatic rings. The summed E-state index contributed by atoms with van der Waals surface area (Å²) in [5, 5.41) is 11.0. The van der Waals surface area contributed by atoms with Crippen LogP contribution >= 0.6 is 0 Å². The summed E-state index contributed by atoms with van der Waals surface area (Å²) < 4.78 is 5.17. The Morgan fingerprint density at radius 2 is 2.05 bits per heavy atom. The Hall–Kier alpha value is -2.55. The van der Waals surface area contributed by atoms with Crippen molar-refractivity contribution in [2.24, 2.45) is 5.92 Å². The number of hydrogen-bond acceptors (Lipinski definition) is 4. The van der Waals surface area contributed by atoms with E-state index in [2.05, 4.69) is 5.32 Å². The Bertz CT molecular complexity index is 533. The van der Waals surface area contributed by atoms with E-state index in [0.29, 0.717) is 26.1 Å². The molecular formula is C15H17N3O3. The fourth-order valence-corrected chi connectivity index (χ4v) is 1.99. The summed E-state index contributed by atoms with van der Waals surface area (Å²) in [6.07, 6.45) is -0.110. The number of carbonyl (C=O) groups is 2. The summed E-state index contributed by atoms with van der Waals surface area (Å²) in [5.74, 6) is -0.315. The minimum Gasteiger partial charge on any atom is -0.445 e. The van der Waals surface area contributed by atoms with E-state index in [-0.39, 0.29) is 18.4 Å². The van der Waals surface area contributed by atoms with E-state index >= 15 is 0 Å². The van der Waals surface area contributed by atoms with Crippen LogP contribution < -0.4 is 5.32 Å². The highest BCUT2D eigenvalue weighted by molar-refractivity contribution is 5.82. The van der Waals surface area contributed by atoms with Crippen LogP contribution in [-0.2, 0) is 16.1 Å². The molecule has 0 unspecified atom stereocenters. The van der Waals surface area contributed by atoms with Crippen LogP contribution in [0, 0.1) is 17.2 Å². The first kappa shape index (κ1) is 14.9. The van der Waals surface area contributed by atoms with Gasteiger partial charge in [0.25, 0.3) is 0 Å². The quantitative estimate of drug-likeness (QED) is 0.827. The zero-order valence-corrected chi connectivity index (χ0v) is 11.6. The van der Waals surface area contributed by atoms with Gasteiger partial charge >= 0.3 is 6.09 Å². The van der Waals surface area contributed by atoms with Gasteiger partial charge < -0.3 is 15.0 Å². The molecule has 1 heterocycles. The fraction of sp³-hybridized carbons (Fsp3) is 0.400. The molecule has 1 fully saturated rings. The van der Waals surface area contributed by atoms with Crippen molar-refractivity contribution in [1.29, 1.82) is 5.26 Å². The van der Waals surface area contributed by atoms with E-state index < -0.39 is 6.09 Å². The molecule has 6 heteroatoms. The van der Waals surface area contributed by atoms with Crippen LogP contribution in [0.15, 0.2) is 30.3 Å². The number of nitriles is 1. The molecule has 6 nitrogen and oxygen atoms in total. The van der Waals surface area contributed by atoms with E-state index in [1.165, 1.54) is 4.90 Å². The Morgan fingerprint density at radius 3 is 2.71 bits per heavy atom. The molecule has 1 aliphatic rings. The van der Waals surface area contributed by atoms with Crippen molar-refractivity contribution >= 4 is 12.0 Å². The molecule has 1 N–H and O–H groups in total. The van der Waals surface area contributed by atoms with Crippen molar-refractivity contribution in [2.75, 3.05) is 19.6 Å². The summed E-state index contributed by atoms with van der Waals surface area (Å²) in [6, 6.07) is 11.4. The number of benzene rings is 1. The second kappa shape index (κ2) is 7.29. The summed E-state index contributed by atoms with van der Waals surface area (Å²) in [4.78, 5) is 24.9. The van der Waals surface area contributed by atoms with Gasteiger partial charge in [0, 0.05) is 19.6 Å². The number of carbonyl (C=O) groups excluding carboxylic acids is 2. The number of amides is 2. The number of nitrogens with zero attached hydrogens (tertiary/aromatic N) is 2. The fourth-order valence-electron chi connectivity index (χ4n) is 1.99. The lowest BCUT2D eigenvalue weighted by Crippen LogP contribution is -2.55. The molecule has 110 valence electrons. The molecule has 2 amide bonds. The molecule has 0 saturated carbocycles. The van der Waals surface area contributed by atoms with Gasteiger partial charge in [-0.3, -0.25) is 4.79 Å². The lowest BCUT2D eigenvalue weighted by molar-refractivity contribution is -0.129. The van der Waals surface area contributed by atoms with Crippen molar-refractivity contribution in [3.8, 4) is 6.07 Å². The van der Waals surface area contributed by atoms with Crippen molar-refractivity contribution in [2.45, 2.75) is 13.0 Å². The third-order valence-corrected chi connectivity index (χ3v) is 3.25. The van der Waals surface area contributed by atoms with Crippen LogP contribution in [0.1, 0.15) is 12.0 Å². The van der Waals surface area contributed by atoms with Crippen LogP contribution in [0.25, 0.3) is 0 Å². The SMILES string of the molecule is N#CCCNC(=O)C1CN(C(=O)OCc2ccccc2)C1. The van der Waals surface area contributed by atoms with Crippen LogP contribution in [0.2, 0.25) is 0 Å². The normalized spacial score (nSPS) is 14.0. The summed E-state index contributed by atoms with van der Waals surface area (Å²) in [6.45, 7) is 1.32. The molecule has 1 aliphatic heterocycles. The number of nitrogens with one attached hydrogen (secondary N) is 1. The number of hydrogen-bond donors (Lipinski definition) is 1. The lowest BCUT2D eigenvalue weighted by atomic mass is 10.00. The van der Waals surface area contributed by atoms with E-state index in [1.54, 1.807) is 0 Å². The number of rotatable bonds is 5. The van der Waals surface area contributed by atoms with Gasteiger partial charge in [-0.05, 0) is 5.56 Å². The van der Waals surface area contributed by atoms with Gasteiger partial charge in [0.15, 0.2) is 0 Å². The third-order valence-electron chi connectivity index (χ3n) is 3.25. The average molecular weight is 287 g/mol. The third kappa shape index (κ3) is 4.21. The van der Waals surface area contributed by atoms with E-state index in [1.807, 2.05) is 36.4 Å². The second-order valence-corrected chi connectivity index (χ2v) is 4.84. The van der Waals surface area contributed by atoms with E-state index in [0.717, 1.165) is 5.56 Å². The Kier molecular flexibility index (Phi) is 5.16. The highest BCUT2D eigenvalue weighted by Crippen LogP contribution is 2.17. The topological polar surface area (TPSA) is 82.4 Å². The molecule has 0 aliphatic carbocycles. The van der Waals surface area contributed by atoms with Crippen LogP contribution in [0.5, 0.6) is 0 Å². The van der Waals surface area contributed by atoms with Crippen molar-refractivity contribution < 1.29 is 14.3 Å². The first-order valence-corrected chi connectivity index (χ1v) is 6.81. The highest BCUT2D eigenvalue weighted by Gasteiger charge is 2.36. The van der Waals surface area contributed by atoms with E-state index in [9.17, 15) is 9.59 Å². The molecule has 0 aromatic heterocycles. The summed E-state index contributed by atoms with van der Waals surface area (Å²) >= 11 is 0. The maximum atomic E-state index is 11.8. The predicted octanol–water partition coefficient (Wildman–Crippen LogP) is 1.28. The number of ether oxygens (including phenoxy) is 1. The van der Waals surface area contributed by atoms with Crippen molar-refractivity contribution in [1.82, 2.24) is 10.2 Å². The summed E-state index contributed by atoms with van der Waals surface area (Å²) in [7, 11) is 0. The average Bonchev–Trinajstić information content (AvgIpc) is 2.45. The van der Waals surface area contributed by atoms with Gasteiger partial charge in [-0.25, -0.2) is 4.79 Å². The Balaban J connectivity index is 1.66.